The van der Waals surface area contributed by atoms with Gasteiger partial charge in [-0.2, -0.15) is 0 Å². The fraction of sp³-hybridized carbons (Fsp3) is 0.600. The molecule has 2 aromatic rings. The quantitative estimate of drug-likeness (QED) is 0.375. The first-order chi connectivity index (χ1) is 20.8. The molecule has 1 aliphatic carbocycles. The van der Waals surface area contributed by atoms with E-state index >= 15 is 0 Å². The second-order valence-electron chi connectivity index (χ2n) is 13.4. The number of nitrogens with zero attached hydrogens (tertiary/aromatic N) is 3. The number of quaternary nitrogens is 1. The lowest BCUT2D eigenvalue weighted by atomic mass is 9.80. The van der Waals surface area contributed by atoms with Gasteiger partial charge in [-0.3, -0.25) is 19.4 Å². The Bertz CT molecular complexity index is 1230. The molecule has 3 aliphatic rings. The molecule has 8 heteroatoms. The minimum absolute atomic E-state index is 0.00369. The van der Waals surface area contributed by atoms with Crippen LogP contribution >= 0.6 is 0 Å². The van der Waals surface area contributed by atoms with Crippen molar-refractivity contribution in [1.82, 2.24) is 20.5 Å². The summed E-state index contributed by atoms with van der Waals surface area (Å²) in [6, 6.07) is 13.5. The average molecular weight is 589 g/mol. The summed E-state index contributed by atoms with van der Waals surface area (Å²) >= 11 is 0. The van der Waals surface area contributed by atoms with Crippen molar-refractivity contribution in [2.24, 2.45) is 5.92 Å². The monoisotopic (exact) mass is 588 g/mol. The van der Waals surface area contributed by atoms with Crippen LogP contribution in [0, 0.1) is 5.92 Å². The Kier molecular flexibility index (Phi) is 10.2. The Labute approximate surface area is 257 Å². The van der Waals surface area contributed by atoms with Crippen LogP contribution < -0.4 is 10.6 Å². The average Bonchev–Trinajstić information content (AvgIpc) is 3.04. The normalized spacial score (nSPS) is 26.1. The van der Waals surface area contributed by atoms with Gasteiger partial charge < -0.3 is 20.0 Å². The number of rotatable bonds is 11. The van der Waals surface area contributed by atoms with Gasteiger partial charge >= 0.3 is 0 Å². The number of likely N-dealkylation sites (N-methyl/N-ethyl adjacent to an activating group) is 1. The third-order valence-corrected chi connectivity index (χ3v) is 10.2. The predicted molar refractivity (Wildman–Crippen MR) is 168 cm³/mol. The Hall–Kier alpha value is -3.26. The Morgan fingerprint density at radius 3 is 2.47 bits per heavy atom. The van der Waals surface area contributed by atoms with Crippen LogP contribution in [0.15, 0.2) is 48.7 Å². The van der Waals surface area contributed by atoms with E-state index in [4.69, 9.17) is 0 Å². The fourth-order valence-corrected chi connectivity index (χ4v) is 7.35. The summed E-state index contributed by atoms with van der Waals surface area (Å²) in [6.45, 7) is 6.43. The van der Waals surface area contributed by atoms with Gasteiger partial charge in [0.15, 0.2) is 0 Å². The Morgan fingerprint density at radius 1 is 1.05 bits per heavy atom. The van der Waals surface area contributed by atoms with Gasteiger partial charge in [0.25, 0.3) is 5.91 Å². The first-order valence-electron chi connectivity index (χ1n) is 16.5. The summed E-state index contributed by atoms with van der Waals surface area (Å²) < 4.78 is 0.904. The molecular weight excluding hydrogens is 538 g/mol. The third-order valence-electron chi connectivity index (χ3n) is 10.2. The number of aromatic nitrogens is 1. The zero-order valence-electron chi connectivity index (χ0n) is 26.2. The number of hydrogen-bond acceptors (Lipinski definition) is 4. The fourth-order valence-electron chi connectivity index (χ4n) is 7.35. The molecular formula is C35H50N5O3+. The van der Waals surface area contributed by atoms with Gasteiger partial charge in [0.1, 0.15) is 18.1 Å². The summed E-state index contributed by atoms with van der Waals surface area (Å²) in [4.78, 5) is 45.8. The Morgan fingerprint density at radius 2 is 1.79 bits per heavy atom. The van der Waals surface area contributed by atoms with Crippen LogP contribution in [0.25, 0.3) is 0 Å². The SMILES string of the molecule is CCCC[N+]1(Cc2ccc(C(=O)N(C)CCc3ccccn3)cc2)CCC2(CC1)NC(=O)[C@H](CC1CCCCC1)NC2=O. The van der Waals surface area contributed by atoms with Gasteiger partial charge in [-0.25, -0.2) is 0 Å². The van der Waals surface area contributed by atoms with Crippen molar-refractivity contribution in [1.29, 1.82) is 0 Å². The van der Waals surface area contributed by atoms with E-state index in [9.17, 15) is 14.4 Å². The molecule has 1 spiro atoms. The summed E-state index contributed by atoms with van der Waals surface area (Å²) in [5.41, 5.74) is 2.08. The molecule has 3 fully saturated rings. The van der Waals surface area contributed by atoms with Crippen LogP contribution in [0.4, 0.5) is 0 Å². The molecule has 1 aromatic carbocycles. The maximum atomic E-state index is 13.5. The van der Waals surface area contributed by atoms with Crippen molar-refractivity contribution in [3.05, 3.63) is 65.5 Å². The van der Waals surface area contributed by atoms with Gasteiger partial charge in [-0.1, -0.05) is 63.6 Å². The van der Waals surface area contributed by atoms with Gasteiger partial charge in [-0.15, -0.1) is 0 Å². The predicted octanol–water partition coefficient (Wildman–Crippen LogP) is 4.63. The minimum atomic E-state index is -0.787. The van der Waals surface area contributed by atoms with Crippen molar-refractivity contribution in [2.75, 3.05) is 33.2 Å². The highest BCUT2D eigenvalue weighted by atomic mass is 16.2. The van der Waals surface area contributed by atoms with E-state index < -0.39 is 11.6 Å². The molecule has 2 aliphatic heterocycles. The highest BCUT2D eigenvalue weighted by Crippen LogP contribution is 2.34. The van der Waals surface area contributed by atoms with E-state index in [0.717, 1.165) is 62.0 Å². The maximum absolute atomic E-state index is 13.5. The van der Waals surface area contributed by atoms with E-state index in [1.165, 1.54) is 37.7 Å². The summed E-state index contributed by atoms with van der Waals surface area (Å²) in [6.07, 6.45) is 12.9. The van der Waals surface area contributed by atoms with Crippen LogP contribution in [-0.4, -0.2) is 76.9 Å². The van der Waals surface area contributed by atoms with Gasteiger partial charge in [0.2, 0.25) is 11.8 Å². The van der Waals surface area contributed by atoms with Crippen molar-refractivity contribution in [3.63, 3.8) is 0 Å². The van der Waals surface area contributed by atoms with Crippen molar-refractivity contribution < 1.29 is 18.9 Å². The zero-order chi connectivity index (χ0) is 30.3. The minimum Gasteiger partial charge on any atom is -0.342 e. The Balaban J connectivity index is 1.18. The van der Waals surface area contributed by atoms with Crippen molar-refractivity contribution in [3.8, 4) is 0 Å². The number of nitrogens with one attached hydrogen (secondary N) is 2. The first kappa shape index (κ1) is 31.2. The molecule has 1 saturated carbocycles. The molecule has 0 bridgehead atoms. The van der Waals surface area contributed by atoms with E-state index in [0.29, 0.717) is 30.9 Å². The number of hydrogen-bond donors (Lipinski definition) is 2. The molecule has 5 rings (SSSR count). The van der Waals surface area contributed by atoms with E-state index in [1.807, 2.05) is 37.4 Å². The van der Waals surface area contributed by atoms with Crippen molar-refractivity contribution in [2.45, 2.75) is 95.7 Å². The number of carbonyl (C=O) groups excluding carboxylic acids is 3. The number of pyridine rings is 1. The van der Waals surface area contributed by atoms with Crippen LogP contribution in [0.2, 0.25) is 0 Å². The highest BCUT2D eigenvalue weighted by molar-refractivity contribution is 5.99. The number of amides is 3. The standard InChI is InChI=1S/C35H49N5O3/c1-3-4-22-40(26-28-13-15-29(16-14-28)33(42)39(2)21-17-30-12-8-9-20-36-30)23-18-35(19-24-40)34(43)37-31(32(41)38-35)25-27-10-6-5-7-11-27/h8-9,12-16,20,27,31H,3-7,10-11,17-19,21-26H2,1-2H3,(H-,37,38,41,43)/p+1/t31-,35?,40?/m0/s1. The van der Waals surface area contributed by atoms with Crippen LogP contribution in [-0.2, 0) is 22.6 Å². The number of piperidine rings is 1. The molecule has 1 aromatic heterocycles. The molecule has 3 amide bonds. The van der Waals surface area contributed by atoms with Crippen LogP contribution in [0.1, 0.15) is 92.7 Å². The highest BCUT2D eigenvalue weighted by Gasteiger charge is 2.52. The van der Waals surface area contributed by atoms with Gasteiger partial charge in [0.05, 0.1) is 19.6 Å². The maximum Gasteiger partial charge on any atom is 0.253 e. The van der Waals surface area contributed by atoms with Gasteiger partial charge in [0, 0.05) is 55.9 Å². The second-order valence-corrected chi connectivity index (χ2v) is 13.4. The molecule has 0 radical (unpaired) electrons. The number of carbonyl (C=O) groups is 3. The van der Waals surface area contributed by atoms with Crippen molar-refractivity contribution >= 4 is 17.7 Å². The summed E-state index contributed by atoms with van der Waals surface area (Å²) in [7, 11) is 1.84. The number of unbranched alkanes of at least 4 members (excludes halogenated alkanes) is 1. The number of likely N-dealkylation sites (tertiary alicyclic amines) is 1. The topological polar surface area (TPSA) is 91.4 Å². The molecule has 43 heavy (non-hydrogen) atoms. The molecule has 2 saturated heterocycles. The number of benzene rings is 1. The first-order valence-corrected chi connectivity index (χ1v) is 16.5. The summed E-state index contributed by atoms with van der Waals surface area (Å²) in [5, 5.41) is 6.36. The lowest BCUT2D eigenvalue weighted by Gasteiger charge is -2.50. The molecule has 2 N–H and O–H groups in total. The van der Waals surface area contributed by atoms with E-state index in [1.54, 1.807) is 11.1 Å². The molecule has 0 unspecified atom stereocenters. The lowest BCUT2D eigenvalue weighted by Crippen LogP contribution is -2.73. The smallest absolute Gasteiger partial charge is 0.253 e. The molecule has 3 heterocycles. The summed E-state index contributed by atoms with van der Waals surface area (Å²) in [5.74, 6) is 0.565. The third kappa shape index (κ3) is 7.64. The largest absolute Gasteiger partial charge is 0.342 e. The van der Waals surface area contributed by atoms with E-state index in [2.05, 4.69) is 34.7 Å². The number of piperazine rings is 1. The molecule has 1 atom stereocenters. The molecule has 232 valence electrons. The zero-order valence-corrected chi connectivity index (χ0v) is 26.2. The van der Waals surface area contributed by atoms with E-state index in [-0.39, 0.29) is 17.7 Å². The molecule has 8 nitrogen and oxygen atoms in total. The lowest BCUT2D eigenvalue weighted by molar-refractivity contribution is -0.946. The second kappa shape index (κ2) is 14.0. The van der Waals surface area contributed by atoms with Crippen LogP contribution in [0.5, 0.6) is 0 Å². The van der Waals surface area contributed by atoms with Crippen LogP contribution in [0.3, 0.4) is 0 Å². The van der Waals surface area contributed by atoms with Gasteiger partial charge in [-0.05, 0) is 43.0 Å².